The first-order valence-electron chi connectivity index (χ1n) is 12.2. The Morgan fingerprint density at radius 1 is 1.00 bits per heavy atom. The Hall–Kier alpha value is -3.35. The lowest BCUT2D eigenvalue weighted by atomic mass is 9.79. The standard InChI is InChI=1S/C28H34N2O5/c1-28(2,3)14-18(25(31)30-19-12-17(13-19)26(32)33)15-29-27(34)35-16-24-22-10-6-4-8-20(22)21-9-5-7-11-23(21)24/h4-11,17-19,24H,12-16H2,1-3H3,(H,29,34)(H,30,31)(H,32,33). The van der Waals surface area contributed by atoms with E-state index in [1.54, 1.807) is 0 Å². The van der Waals surface area contributed by atoms with Crippen LogP contribution in [0.5, 0.6) is 0 Å². The number of carbonyl (C=O) groups is 3. The molecule has 1 fully saturated rings. The maximum Gasteiger partial charge on any atom is 0.407 e. The summed E-state index contributed by atoms with van der Waals surface area (Å²) in [5.74, 6) is -1.83. The van der Waals surface area contributed by atoms with Crippen molar-refractivity contribution in [3.63, 3.8) is 0 Å². The minimum atomic E-state index is -0.821. The lowest BCUT2D eigenvalue weighted by Gasteiger charge is -2.35. The van der Waals surface area contributed by atoms with Gasteiger partial charge in [-0.05, 0) is 46.9 Å². The smallest absolute Gasteiger partial charge is 0.407 e. The summed E-state index contributed by atoms with van der Waals surface area (Å²) in [5.41, 5.74) is 4.51. The number of fused-ring (bicyclic) bond motifs is 3. The summed E-state index contributed by atoms with van der Waals surface area (Å²) in [6.07, 6.45) is 0.928. The van der Waals surface area contributed by atoms with Gasteiger partial charge in [0.2, 0.25) is 5.91 Å². The predicted octanol–water partition coefficient (Wildman–Crippen LogP) is 4.56. The molecule has 1 unspecified atom stereocenters. The molecule has 0 aliphatic heterocycles. The van der Waals surface area contributed by atoms with Crippen molar-refractivity contribution >= 4 is 18.0 Å². The normalized spacial score (nSPS) is 19.6. The minimum absolute atomic E-state index is 0.0254. The van der Waals surface area contributed by atoms with E-state index in [0.717, 1.165) is 11.1 Å². The first-order chi connectivity index (χ1) is 16.6. The summed E-state index contributed by atoms with van der Waals surface area (Å²) < 4.78 is 5.61. The van der Waals surface area contributed by atoms with Crippen LogP contribution >= 0.6 is 0 Å². The number of carbonyl (C=O) groups excluding carboxylic acids is 2. The van der Waals surface area contributed by atoms with Gasteiger partial charge in [-0.3, -0.25) is 9.59 Å². The van der Waals surface area contributed by atoms with Gasteiger partial charge in [0.15, 0.2) is 0 Å². The minimum Gasteiger partial charge on any atom is -0.481 e. The van der Waals surface area contributed by atoms with Crippen LogP contribution in [0.25, 0.3) is 11.1 Å². The van der Waals surface area contributed by atoms with E-state index in [1.165, 1.54) is 11.1 Å². The highest BCUT2D eigenvalue weighted by atomic mass is 16.5. The molecule has 0 spiro atoms. The lowest BCUT2D eigenvalue weighted by molar-refractivity contribution is -0.146. The average Bonchev–Trinajstić information content (AvgIpc) is 3.10. The molecule has 0 bridgehead atoms. The highest BCUT2D eigenvalue weighted by molar-refractivity contribution is 5.81. The number of carboxylic acids is 1. The van der Waals surface area contributed by atoms with Crippen molar-refractivity contribution in [1.29, 1.82) is 0 Å². The van der Waals surface area contributed by atoms with Gasteiger partial charge >= 0.3 is 12.1 Å². The molecule has 4 rings (SSSR count). The van der Waals surface area contributed by atoms with Crippen molar-refractivity contribution in [2.75, 3.05) is 13.2 Å². The fourth-order valence-corrected chi connectivity index (χ4v) is 5.11. The topological polar surface area (TPSA) is 105 Å². The molecule has 0 heterocycles. The van der Waals surface area contributed by atoms with Crippen LogP contribution in [-0.2, 0) is 14.3 Å². The zero-order valence-corrected chi connectivity index (χ0v) is 20.5. The van der Waals surface area contributed by atoms with Crippen LogP contribution in [-0.4, -0.2) is 42.3 Å². The Bertz CT molecular complexity index is 1060. The van der Waals surface area contributed by atoms with Crippen LogP contribution in [0, 0.1) is 17.3 Å². The third-order valence-electron chi connectivity index (χ3n) is 6.90. The van der Waals surface area contributed by atoms with Crippen LogP contribution in [0.1, 0.15) is 57.1 Å². The summed E-state index contributed by atoms with van der Waals surface area (Å²) in [5, 5.41) is 14.8. The van der Waals surface area contributed by atoms with E-state index in [2.05, 4.69) is 34.9 Å². The summed E-state index contributed by atoms with van der Waals surface area (Å²) in [4.78, 5) is 36.5. The van der Waals surface area contributed by atoms with Crippen LogP contribution in [0.4, 0.5) is 4.79 Å². The van der Waals surface area contributed by atoms with Gasteiger partial charge in [-0.1, -0.05) is 69.3 Å². The van der Waals surface area contributed by atoms with Gasteiger partial charge in [-0.2, -0.15) is 0 Å². The molecule has 1 atom stereocenters. The van der Waals surface area contributed by atoms with Crippen LogP contribution in [0.15, 0.2) is 48.5 Å². The SMILES string of the molecule is CC(C)(C)CC(CNC(=O)OCC1c2ccccc2-c2ccccc21)C(=O)NC1CC(C(=O)O)C1. The van der Waals surface area contributed by atoms with Gasteiger partial charge in [-0.15, -0.1) is 0 Å². The summed E-state index contributed by atoms with van der Waals surface area (Å²) in [7, 11) is 0. The second-order valence-electron chi connectivity index (χ2n) is 10.9. The molecule has 2 aliphatic carbocycles. The van der Waals surface area contributed by atoms with Gasteiger partial charge in [0.25, 0.3) is 0 Å². The molecular formula is C28H34N2O5. The Kier molecular flexibility index (Phi) is 7.15. The first kappa shape index (κ1) is 24.8. The van der Waals surface area contributed by atoms with Gasteiger partial charge in [0.05, 0.1) is 11.8 Å². The molecule has 186 valence electrons. The van der Waals surface area contributed by atoms with Crippen molar-refractivity contribution in [1.82, 2.24) is 10.6 Å². The van der Waals surface area contributed by atoms with E-state index in [1.807, 2.05) is 45.0 Å². The lowest BCUT2D eigenvalue weighted by Crippen LogP contribution is -2.50. The molecule has 0 aromatic heterocycles. The number of amides is 2. The van der Waals surface area contributed by atoms with Crippen molar-refractivity contribution in [2.24, 2.45) is 17.3 Å². The fraction of sp³-hybridized carbons (Fsp3) is 0.464. The van der Waals surface area contributed by atoms with E-state index >= 15 is 0 Å². The van der Waals surface area contributed by atoms with Gasteiger partial charge in [0.1, 0.15) is 6.61 Å². The van der Waals surface area contributed by atoms with Gasteiger partial charge < -0.3 is 20.5 Å². The second-order valence-corrected chi connectivity index (χ2v) is 10.9. The number of carboxylic acid groups (broad SMARTS) is 1. The Labute approximate surface area is 206 Å². The second kappa shape index (κ2) is 10.1. The molecule has 3 N–H and O–H groups in total. The number of ether oxygens (including phenoxy) is 1. The van der Waals surface area contributed by atoms with Crippen molar-refractivity contribution in [3.05, 3.63) is 59.7 Å². The number of hydrogen-bond acceptors (Lipinski definition) is 4. The van der Waals surface area contributed by atoms with E-state index < -0.39 is 18.0 Å². The molecule has 0 saturated heterocycles. The number of nitrogens with one attached hydrogen (secondary N) is 2. The monoisotopic (exact) mass is 478 g/mol. The molecule has 2 amide bonds. The molecular weight excluding hydrogens is 444 g/mol. The van der Waals surface area contributed by atoms with Gasteiger partial charge in [0, 0.05) is 18.5 Å². The third kappa shape index (κ3) is 5.84. The number of hydrogen-bond donors (Lipinski definition) is 3. The molecule has 35 heavy (non-hydrogen) atoms. The largest absolute Gasteiger partial charge is 0.481 e. The van der Waals surface area contributed by atoms with Crippen LogP contribution in [0.2, 0.25) is 0 Å². The maximum atomic E-state index is 12.9. The molecule has 2 aliphatic rings. The predicted molar refractivity (Wildman–Crippen MR) is 133 cm³/mol. The Balaban J connectivity index is 1.32. The zero-order chi connectivity index (χ0) is 25.2. The van der Waals surface area contributed by atoms with E-state index in [0.29, 0.717) is 19.3 Å². The highest BCUT2D eigenvalue weighted by Crippen LogP contribution is 2.44. The summed E-state index contributed by atoms with van der Waals surface area (Å²) >= 11 is 0. The quantitative estimate of drug-likeness (QED) is 0.516. The Morgan fingerprint density at radius 3 is 2.11 bits per heavy atom. The number of benzene rings is 2. The fourth-order valence-electron chi connectivity index (χ4n) is 5.11. The Morgan fingerprint density at radius 2 is 1.57 bits per heavy atom. The molecule has 2 aromatic carbocycles. The molecule has 1 saturated carbocycles. The number of alkyl carbamates (subject to hydrolysis) is 1. The van der Waals surface area contributed by atoms with Gasteiger partial charge in [-0.25, -0.2) is 4.79 Å². The highest BCUT2D eigenvalue weighted by Gasteiger charge is 2.37. The third-order valence-corrected chi connectivity index (χ3v) is 6.90. The summed E-state index contributed by atoms with van der Waals surface area (Å²) in [6.45, 7) is 6.52. The van der Waals surface area contributed by atoms with E-state index in [4.69, 9.17) is 9.84 Å². The molecule has 7 heteroatoms. The maximum absolute atomic E-state index is 12.9. The molecule has 7 nitrogen and oxygen atoms in total. The van der Waals surface area contributed by atoms with Crippen molar-refractivity contribution < 1.29 is 24.2 Å². The molecule has 0 radical (unpaired) electrons. The van der Waals surface area contributed by atoms with E-state index in [-0.39, 0.29) is 42.4 Å². The zero-order valence-electron chi connectivity index (χ0n) is 20.5. The van der Waals surface area contributed by atoms with Crippen molar-refractivity contribution in [2.45, 2.75) is 52.0 Å². The van der Waals surface area contributed by atoms with Crippen molar-refractivity contribution in [3.8, 4) is 11.1 Å². The first-order valence-corrected chi connectivity index (χ1v) is 12.2. The van der Waals surface area contributed by atoms with Crippen LogP contribution < -0.4 is 10.6 Å². The van der Waals surface area contributed by atoms with Crippen LogP contribution in [0.3, 0.4) is 0 Å². The molecule has 2 aromatic rings. The number of rotatable bonds is 8. The van der Waals surface area contributed by atoms with E-state index in [9.17, 15) is 14.4 Å². The summed E-state index contributed by atoms with van der Waals surface area (Å²) in [6, 6.07) is 16.2. The number of aliphatic carboxylic acids is 1. The average molecular weight is 479 g/mol.